The summed E-state index contributed by atoms with van der Waals surface area (Å²) < 4.78 is 0. The Hall–Kier alpha value is -1.38. The average Bonchev–Trinajstić information content (AvgIpc) is 2.29. The third-order valence-electron chi connectivity index (χ3n) is 3.58. The highest BCUT2D eigenvalue weighted by atomic mass is 16.1. The SMILES string of the molecule is CC(=O)c1ccnc(N2CCC(C)CC2C)c1. The largest absolute Gasteiger partial charge is 0.354 e. The minimum absolute atomic E-state index is 0.103. The van der Waals surface area contributed by atoms with Crippen molar-refractivity contribution in [3.8, 4) is 0 Å². The summed E-state index contributed by atoms with van der Waals surface area (Å²) in [6, 6.07) is 4.20. The van der Waals surface area contributed by atoms with Gasteiger partial charge in [0.05, 0.1) is 0 Å². The van der Waals surface area contributed by atoms with Gasteiger partial charge in [0, 0.05) is 24.3 Å². The van der Waals surface area contributed by atoms with Gasteiger partial charge in [-0.2, -0.15) is 0 Å². The van der Waals surface area contributed by atoms with Crippen LogP contribution >= 0.6 is 0 Å². The number of aromatic nitrogens is 1. The van der Waals surface area contributed by atoms with Crippen LogP contribution in [0.2, 0.25) is 0 Å². The number of carbonyl (C=O) groups is 1. The van der Waals surface area contributed by atoms with Crippen LogP contribution < -0.4 is 4.90 Å². The van der Waals surface area contributed by atoms with E-state index in [2.05, 4.69) is 23.7 Å². The number of piperidine rings is 1. The van der Waals surface area contributed by atoms with Gasteiger partial charge in [0.2, 0.25) is 0 Å². The first-order valence-corrected chi connectivity index (χ1v) is 6.31. The standard InChI is InChI=1S/C14H20N2O/c1-10-5-7-16(11(2)8-10)14-9-13(12(3)17)4-6-15-14/h4,6,9-11H,5,7-8H2,1-3H3. The molecule has 0 saturated carbocycles. The van der Waals surface area contributed by atoms with Crippen molar-refractivity contribution in [3.05, 3.63) is 23.9 Å². The van der Waals surface area contributed by atoms with Crippen molar-refractivity contribution in [1.29, 1.82) is 0 Å². The van der Waals surface area contributed by atoms with Crippen molar-refractivity contribution in [2.45, 2.75) is 39.7 Å². The number of rotatable bonds is 2. The maximum absolute atomic E-state index is 11.4. The topological polar surface area (TPSA) is 33.2 Å². The van der Waals surface area contributed by atoms with E-state index in [-0.39, 0.29) is 5.78 Å². The first-order valence-electron chi connectivity index (χ1n) is 6.31. The molecule has 2 atom stereocenters. The summed E-state index contributed by atoms with van der Waals surface area (Å²) in [6.45, 7) is 7.17. The summed E-state index contributed by atoms with van der Waals surface area (Å²) in [7, 11) is 0. The Morgan fingerprint density at radius 2 is 2.24 bits per heavy atom. The minimum Gasteiger partial charge on any atom is -0.354 e. The number of pyridine rings is 1. The van der Waals surface area contributed by atoms with Gasteiger partial charge in [-0.1, -0.05) is 6.92 Å². The molecular weight excluding hydrogens is 212 g/mol. The van der Waals surface area contributed by atoms with Gasteiger partial charge in [-0.3, -0.25) is 4.79 Å². The average molecular weight is 232 g/mol. The highest BCUT2D eigenvalue weighted by Crippen LogP contribution is 2.26. The van der Waals surface area contributed by atoms with Gasteiger partial charge >= 0.3 is 0 Å². The minimum atomic E-state index is 0.103. The molecule has 0 aromatic carbocycles. The quantitative estimate of drug-likeness (QED) is 0.735. The van der Waals surface area contributed by atoms with Crippen LogP contribution in [0, 0.1) is 5.92 Å². The van der Waals surface area contributed by atoms with Crippen molar-refractivity contribution in [3.63, 3.8) is 0 Å². The molecule has 1 aromatic heterocycles. The Balaban J connectivity index is 2.22. The maximum Gasteiger partial charge on any atom is 0.159 e. The highest BCUT2D eigenvalue weighted by Gasteiger charge is 2.23. The van der Waals surface area contributed by atoms with Crippen LogP contribution in [0.1, 0.15) is 44.0 Å². The van der Waals surface area contributed by atoms with Gasteiger partial charge in [-0.15, -0.1) is 0 Å². The lowest BCUT2D eigenvalue weighted by molar-refractivity contribution is 0.101. The zero-order chi connectivity index (χ0) is 12.4. The van der Waals surface area contributed by atoms with E-state index in [1.165, 1.54) is 12.8 Å². The summed E-state index contributed by atoms with van der Waals surface area (Å²) in [5.41, 5.74) is 0.751. The Kier molecular flexibility index (Phi) is 3.46. The number of hydrogen-bond acceptors (Lipinski definition) is 3. The molecular formula is C14H20N2O. The Morgan fingerprint density at radius 3 is 2.88 bits per heavy atom. The molecule has 1 saturated heterocycles. The molecule has 1 aliphatic rings. The molecule has 1 fully saturated rings. The van der Waals surface area contributed by atoms with Crippen LogP contribution in [0.5, 0.6) is 0 Å². The van der Waals surface area contributed by atoms with E-state index in [4.69, 9.17) is 0 Å². The van der Waals surface area contributed by atoms with E-state index in [0.717, 1.165) is 23.8 Å². The van der Waals surface area contributed by atoms with Crippen molar-refractivity contribution in [1.82, 2.24) is 4.98 Å². The fourth-order valence-electron chi connectivity index (χ4n) is 2.54. The zero-order valence-corrected chi connectivity index (χ0v) is 10.8. The lowest BCUT2D eigenvalue weighted by Gasteiger charge is -2.37. The van der Waals surface area contributed by atoms with E-state index in [1.54, 1.807) is 19.2 Å². The molecule has 2 heterocycles. The lowest BCUT2D eigenvalue weighted by Crippen LogP contribution is -2.40. The Bertz CT molecular complexity index is 416. The zero-order valence-electron chi connectivity index (χ0n) is 10.8. The molecule has 0 N–H and O–H groups in total. The molecule has 92 valence electrons. The molecule has 1 aromatic rings. The molecule has 17 heavy (non-hydrogen) atoms. The van der Waals surface area contributed by atoms with Gasteiger partial charge in [-0.25, -0.2) is 4.98 Å². The second kappa shape index (κ2) is 4.86. The molecule has 0 spiro atoms. The van der Waals surface area contributed by atoms with E-state index < -0.39 is 0 Å². The molecule has 0 bridgehead atoms. The van der Waals surface area contributed by atoms with Gasteiger partial charge in [0.1, 0.15) is 5.82 Å². The van der Waals surface area contributed by atoms with Gasteiger partial charge < -0.3 is 4.90 Å². The molecule has 0 aliphatic carbocycles. The highest BCUT2D eigenvalue weighted by molar-refractivity contribution is 5.94. The van der Waals surface area contributed by atoms with Crippen LogP contribution in [-0.2, 0) is 0 Å². The summed E-state index contributed by atoms with van der Waals surface area (Å²) in [6.07, 6.45) is 4.14. The van der Waals surface area contributed by atoms with Crippen LogP contribution in [-0.4, -0.2) is 23.4 Å². The van der Waals surface area contributed by atoms with Crippen molar-refractivity contribution < 1.29 is 4.79 Å². The Labute approximate surface area is 103 Å². The third kappa shape index (κ3) is 2.65. The van der Waals surface area contributed by atoms with E-state index in [0.29, 0.717) is 6.04 Å². The first kappa shape index (κ1) is 12.1. The normalized spacial score (nSPS) is 24.8. The number of nitrogens with zero attached hydrogens (tertiary/aromatic N) is 2. The number of hydrogen-bond donors (Lipinski definition) is 0. The molecule has 0 amide bonds. The maximum atomic E-state index is 11.4. The number of anilines is 1. The Morgan fingerprint density at radius 1 is 1.47 bits per heavy atom. The molecule has 3 nitrogen and oxygen atoms in total. The second-order valence-electron chi connectivity index (χ2n) is 5.13. The van der Waals surface area contributed by atoms with Crippen LogP contribution in [0.4, 0.5) is 5.82 Å². The predicted molar refractivity (Wildman–Crippen MR) is 69.4 cm³/mol. The monoisotopic (exact) mass is 232 g/mol. The number of carbonyl (C=O) groups excluding carboxylic acids is 1. The summed E-state index contributed by atoms with van der Waals surface area (Å²) in [4.78, 5) is 18.1. The fraction of sp³-hybridized carbons (Fsp3) is 0.571. The molecule has 1 aliphatic heterocycles. The number of Topliss-reactive ketones (excluding diaryl/α,β-unsaturated/α-hetero) is 1. The molecule has 3 heteroatoms. The van der Waals surface area contributed by atoms with Crippen LogP contribution in [0.3, 0.4) is 0 Å². The fourth-order valence-corrected chi connectivity index (χ4v) is 2.54. The van der Waals surface area contributed by atoms with Crippen molar-refractivity contribution in [2.75, 3.05) is 11.4 Å². The molecule has 2 rings (SSSR count). The van der Waals surface area contributed by atoms with Crippen molar-refractivity contribution in [2.24, 2.45) is 5.92 Å². The van der Waals surface area contributed by atoms with Crippen LogP contribution in [0.25, 0.3) is 0 Å². The second-order valence-corrected chi connectivity index (χ2v) is 5.13. The van der Waals surface area contributed by atoms with E-state index >= 15 is 0 Å². The van der Waals surface area contributed by atoms with Crippen LogP contribution in [0.15, 0.2) is 18.3 Å². The first-order chi connectivity index (χ1) is 8.08. The predicted octanol–water partition coefficient (Wildman–Crippen LogP) is 2.91. The summed E-state index contributed by atoms with van der Waals surface area (Å²) in [5.74, 6) is 1.83. The number of ketones is 1. The van der Waals surface area contributed by atoms with Gasteiger partial charge in [0.25, 0.3) is 0 Å². The molecule has 0 radical (unpaired) electrons. The van der Waals surface area contributed by atoms with E-state index in [1.807, 2.05) is 6.07 Å². The van der Waals surface area contributed by atoms with Gasteiger partial charge in [0.15, 0.2) is 5.78 Å². The summed E-state index contributed by atoms with van der Waals surface area (Å²) >= 11 is 0. The van der Waals surface area contributed by atoms with Crippen molar-refractivity contribution >= 4 is 11.6 Å². The third-order valence-corrected chi connectivity index (χ3v) is 3.58. The van der Waals surface area contributed by atoms with E-state index in [9.17, 15) is 4.79 Å². The smallest absolute Gasteiger partial charge is 0.159 e. The lowest BCUT2D eigenvalue weighted by atomic mass is 9.93. The summed E-state index contributed by atoms with van der Waals surface area (Å²) in [5, 5.41) is 0. The molecule has 2 unspecified atom stereocenters. The van der Waals surface area contributed by atoms with Gasteiger partial charge in [-0.05, 0) is 44.7 Å².